The number of phosphoric acid groups is 1. The van der Waals surface area contributed by atoms with Crippen molar-refractivity contribution >= 4 is 13.6 Å². The first-order valence-corrected chi connectivity index (χ1v) is 23.8. The summed E-state index contributed by atoms with van der Waals surface area (Å²) in [6, 6.07) is 0. The molecule has 0 aromatic carbocycles. The fraction of sp³-hybridized carbons (Fsp3) is 0.932. The first-order chi connectivity index (χ1) is 25.4. The Kier molecular flexibility index (Phi) is 33.2. The largest absolute Gasteiger partial charge is 0.756 e. The van der Waals surface area contributed by atoms with Gasteiger partial charge in [-0.3, -0.25) is 9.36 Å². The van der Waals surface area contributed by atoms with Crippen molar-refractivity contribution in [3.63, 3.8) is 0 Å². The predicted octanol–water partition coefficient (Wildman–Crippen LogP) is 11.5. The van der Waals surface area contributed by atoms with Gasteiger partial charge in [0, 0.05) is 6.42 Å². The van der Waals surface area contributed by atoms with E-state index in [4.69, 9.17) is 9.05 Å². The molecule has 316 valence electrons. The summed E-state index contributed by atoms with van der Waals surface area (Å²) in [4.78, 5) is 27.3. The topological polar surface area (TPSA) is 116 Å². The van der Waals surface area contributed by atoms with Crippen molar-refractivity contribution in [2.45, 2.75) is 231 Å². The third-order valence-corrected chi connectivity index (χ3v) is 11.6. The van der Waals surface area contributed by atoms with Crippen LogP contribution >= 0.6 is 7.82 Å². The first kappa shape index (κ1) is 52.4. The van der Waals surface area contributed by atoms with Crippen molar-refractivity contribution < 1.29 is 38.0 Å². The number of carbonyl (C=O) groups is 1. The van der Waals surface area contributed by atoms with E-state index in [0.717, 1.165) is 57.8 Å². The van der Waals surface area contributed by atoms with Crippen LogP contribution in [0.1, 0.15) is 213 Å². The maximum Gasteiger partial charge on any atom is 0.269 e. The number of hydrogen-bond donors (Lipinski definition) is 2. The number of Topliss-reactive ketones (excluding diaryl/α,β-unsaturated/α-hetero) is 1. The number of ketones is 1. The normalized spacial score (nSPS) is 15.8. The van der Waals surface area contributed by atoms with Gasteiger partial charge >= 0.3 is 0 Å². The van der Waals surface area contributed by atoms with Crippen molar-refractivity contribution in [3.8, 4) is 0 Å². The van der Waals surface area contributed by atoms with Crippen LogP contribution in [-0.4, -0.2) is 72.6 Å². The van der Waals surface area contributed by atoms with Gasteiger partial charge in [0.2, 0.25) is 0 Å². The highest BCUT2D eigenvalue weighted by Gasteiger charge is 2.48. The highest BCUT2D eigenvalue weighted by atomic mass is 31.2. The van der Waals surface area contributed by atoms with Gasteiger partial charge in [0.25, 0.3) is 7.82 Å². The Morgan fingerprint density at radius 3 is 1.47 bits per heavy atom. The lowest BCUT2D eigenvalue weighted by molar-refractivity contribution is -0.873. The van der Waals surface area contributed by atoms with E-state index in [1.807, 2.05) is 28.1 Å². The zero-order valence-corrected chi connectivity index (χ0v) is 36.7. The van der Waals surface area contributed by atoms with Gasteiger partial charge in [-0.25, -0.2) is 0 Å². The van der Waals surface area contributed by atoms with Gasteiger partial charge in [-0.2, -0.15) is 0 Å². The summed E-state index contributed by atoms with van der Waals surface area (Å²) in [7, 11) is 0.847. The molecule has 0 radical (unpaired) electrons. The van der Waals surface area contributed by atoms with Crippen molar-refractivity contribution in [1.82, 2.24) is 0 Å². The molecule has 0 spiro atoms. The van der Waals surface area contributed by atoms with E-state index in [1.54, 1.807) is 0 Å². The van der Waals surface area contributed by atoms with Crippen molar-refractivity contribution in [2.75, 3.05) is 34.3 Å². The summed E-state index contributed by atoms with van der Waals surface area (Å²) >= 11 is 0. The summed E-state index contributed by atoms with van der Waals surface area (Å²) in [6.45, 7) is 6.01. The third kappa shape index (κ3) is 29.3. The van der Waals surface area contributed by atoms with Gasteiger partial charge in [0.1, 0.15) is 18.8 Å². The molecule has 0 saturated carbocycles. The monoisotopic (exact) mass is 774 g/mol. The minimum absolute atomic E-state index is 0.0262. The first-order valence-electron chi connectivity index (χ1n) is 22.3. The molecule has 0 saturated heterocycles. The molecule has 0 aromatic heterocycles. The van der Waals surface area contributed by atoms with E-state index in [-0.39, 0.29) is 12.8 Å². The van der Waals surface area contributed by atoms with E-state index in [2.05, 4.69) is 26.0 Å². The van der Waals surface area contributed by atoms with Crippen LogP contribution in [0.5, 0.6) is 0 Å². The molecule has 0 aliphatic carbocycles. The number of allylic oxidation sites excluding steroid dienone is 2. The van der Waals surface area contributed by atoms with Crippen LogP contribution in [0.4, 0.5) is 0 Å². The summed E-state index contributed by atoms with van der Waals surface area (Å²) < 4.78 is 25.1. The number of carbonyl (C=O) groups excluding carboxylic acids is 1. The molecule has 2 unspecified atom stereocenters. The highest BCUT2D eigenvalue weighted by Crippen LogP contribution is 2.48. The minimum Gasteiger partial charge on any atom is -0.756 e. The molecule has 0 aliphatic heterocycles. The Bertz CT molecular complexity index is 924. The zero-order valence-electron chi connectivity index (χ0n) is 35.8. The summed E-state index contributed by atoms with van der Waals surface area (Å²) in [5.74, 6) is -0.467. The average molecular weight is 774 g/mol. The van der Waals surface area contributed by atoms with E-state index >= 15 is 0 Å². The fourth-order valence-electron chi connectivity index (χ4n) is 7.20. The summed E-state index contributed by atoms with van der Waals surface area (Å²) in [5, 5.41) is 21.2. The number of aliphatic hydroxyl groups excluding tert-OH is 2. The van der Waals surface area contributed by atoms with E-state index in [9.17, 15) is 24.5 Å². The van der Waals surface area contributed by atoms with E-state index in [0.29, 0.717) is 30.3 Å². The van der Waals surface area contributed by atoms with Gasteiger partial charge < -0.3 is 28.6 Å². The number of quaternary nitrogens is 1. The van der Waals surface area contributed by atoms with Crippen LogP contribution in [0.2, 0.25) is 0 Å². The van der Waals surface area contributed by atoms with Gasteiger partial charge in [0.05, 0.1) is 27.7 Å². The molecular formula is C44H88NO7P. The lowest BCUT2D eigenvalue weighted by Gasteiger charge is -2.41. The molecule has 0 bridgehead atoms. The Hall–Kier alpha value is -0.600. The Morgan fingerprint density at radius 1 is 0.679 bits per heavy atom. The van der Waals surface area contributed by atoms with Gasteiger partial charge in [-0.1, -0.05) is 168 Å². The Labute approximate surface area is 328 Å². The lowest BCUT2D eigenvalue weighted by Crippen LogP contribution is -2.54. The summed E-state index contributed by atoms with van der Waals surface area (Å²) in [6.07, 6.45) is 33.9. The standard InChI is InChI=1S/C44H88NO7P/c1-7-10-12-14-16-18-20-22-24-25-27-29-31-33-35-37-42(47)44(43(48)40-46,52-53(49,50)51-41(9-3)39-45(4,5)6)38-36-34-32-30-28-26-23-21-19-17-15-13-11-8-2/h22,24,41,43,46,48H,7-21,23,25-40H2,1-6H3/b24-22-/t41-,43-,44?/m0/s1. The molecule has 2 N–H and O–H groups in total. The quantitative estimate of drug-likeness (QED) is 0.0276. The van der Waals surface area contributed by atoms with Gasteiger partial charge in [0.15, 0.2) is 11.4 Å². The molecule has 0 aromatic rings. The molecule has 0 amide bonds. The average Bonchev–Trinajstić information content (AvgIpc) is 3.11. The van der Waals surface area contributed by atoms with Gasteiger partial charge in [-0.15, -0.1) is 0 Å². The summed E-state index contributed by atoms with van der Waals surface area (Å²) in [5.41, 5.74) is -2.06. The smallest absolute Gasteiger partial charge is 0.269 e. The number of hydrogen-bond acceptors (Lipinski definition) is 7. The van der Waals surface area contributed by atoms with Crippen molar-refractivity contribution in [2.24, 2.45) is 0 Å². The molecule has 0 aliphatic rings. The highest BCUT2D eigenvalue weighted by molar-refractivity contribution is 7.46. The molecule has 0 heterocycles. The second-order valence-electron chi connectivity index (χ2n) is 16.8. The Morgan fingerprint density at radius 2 is 1.08 bits per heavy atom. The van der Waals surface area contributed by atoms with Crippen molar-refractivity contribution in [1.29, 1.82) is 0 Å². The number of unbranched alkanes of at least 4 members (excludes halogenated alkanes) is 24. The predicted molar refractivity (Wildman–Crippen MR) is 222 cm³/mol. The van der Waals surface area contributed by atoms with E-state index in [1.165, 1.54) is 103 Å². The number of aliphatic hydroxyl groups is 2. The number of phosphoric ester groups is 1. The minimum atomic E-state index is -5.02. The zero-order chi connectivity index (χ0) is 39.7. The number of nitrogens with zero attached hydrogens (tertiary/aromatic N) is 1. The van der Waals surface area contributed by atoms with Gasteiger partial charge in [-0.05, 0) is 51.4 Å². The maximum atomic E-state index is 13.9. The number of likely N-dealkylation sites (N-methyl/N-ethyl adjacent to an activating group) is 1. The van der Waals surface area contributed by atoms with Crippen molar-refractivity contribution in [3.05, 3.63) is 12.2 Å². The molecule has 4 atom stereocenters. The van der Waals surface area contributed by atoms with Crippen LogP contribution in [-0.2, 0) is 18.4 Å². The second-order valence-corrected chi connectivity index (χ2v) is 18.1. The van der Waals surface area contributed by atoms with Crippen LogP contribution in [0.15, 0.2) is 12.2 Å². The molecule has 8 nitrogen and oxygen atoms in total. The van der Waals surface area contributed by atoms with Crippen LogP contribution in [0.3, 0.4) is 0 Å². The number of rotatable bonds is 40. The maximum absolute atomic E-state index is 13.9. The van der Waals surface area contributed by atoms with Crippen LogP contribution < -0.4 is 4.89 Å². The van der Waals surface area contributed by atoms with Crippen LogP contribution in [0.25, 0.3) is 0 Å². The molecule has 53 heavy (non-hydrogen) atoms. The van der Waals surface area contributed by atoms with E-state index < -0.39 is 38.0 Å². The molecule has 0 fully saturated rings. The third-order valence-electron chi connectivity index (χ3n) is 10.5. The second kappa shape index (κ2) is 33.5. The lowest BCUT2D eigenvalue weighted by atomic mass is 9.84. The Balaban J connectivity index is 5.07. The fourth-order valence-corrected chi connectivity index (χ4v) is 8.54. The molecular weight excluding hydrogens is 685 g/mol. The molecule has 9 heteroatoms. The SMILES string of the molecule is CCCCCCCC/C=C\CCCCCCCC(=O)C(CCCCCCCCCCCCCCCC)(OP(=O)([O-])O[C@@H](CC)C[N+](C)(C)C)[C@@H](O)CO. The van der Waals surface area contributed by atoms with Crippen LogP contribution in [0, 0.1) is 0 Å². The molecule has 0 rings (SSSR count).